The van der Waals surface area contributed by atoms with E-state index < -0.39 is 12.0 Å². The van der Waals surface area contributed by atoms with Gasteiger partial charge >= 0.3 is 12.0 Å². The molecule has 7 nitrogen and oxygen atoms in total. The molecule has 0 unspecified atom stereocenters. The van der Waals surface area contributed by atoms with Crippen molar-refractivity contribution < 1.29 is 14.7 Å². The fourth-order valence-corrected chi connectivity index (χ4v) is 3.47. The second-order valence-electron chi connectivity index (χ2n) is 7.25. The molecule has 1 heterocycles. The van der Waals surface area contributed by atoms with E-state index in [1.807, 2.05) is 56.5 Å². The summed E-state index contributed by atoms with van der Waals surface area (Å²) in [6.45, 7) is 7.77. The van der Waals surface area contributed by atoms with Crippen LogP contribution in [0, 0.1) is 27.7 Å². The van der Waals surface area contributed by atoms with Crippen molar-refractivity contribution >= 4 is 35.5 Å². The van der Waals surface area contributed by atoms with E-state index in [4.69, 9.17) is 11.6 Å². The first-order valence-electron chi connectivity index (χ1n) is 9.57. The molecule has 2 amide bonds. The number of nitrogens with one attached hydrogen (secondary N) is 2. The molecule has 1 aromatic heterocycles. The minimum absolute atomic E-state index is 0.0339. The number of nitrogens with zero attached hydrogens (tertiary/aromatic N) is 2. The highest BCUT2D eigenvalue weighted by Gasteiger charge is 2.14. The molecule has 0 atom stereocenters. The average molecular weight is 439 g/mol. The Labute approximate surface area is 185 Å². The summed E-state index contributed by atoms with van der Waals surface area (Å²) in [5.41, 5.74) is 8.61. The minimum Gasteiger partial charge on any atom is -0.478 e. The largest absolute Gasteiger partial charge is 0.478 e. The third kappa shape index (κ3) is 4.95. The van der Waals surface area contributed by atoms with Crippen molar-refractivity contribution in [3.05, 3.63) is 81.1 Å². The van der Waals surface area contributed by atoms with Crippen molar-refractivity contribution in [3.63, 3.8) is 0 Å². The van der Waals surface area contributed by atoms with Crippen molar-refractivity contribution in [2.24, 2.45) is 5.10 Å². The van der Waals surface area contributed by atoms with Gasteiger partial charge in [-0.3, -0.25) is 0 Å². The van der Waals surface area contributed by atoms with E-state index in [1.165, 1.54) is 6.07 Å². The van der Waals surface area contributed by atoms with Gasteiger partial charge in [0.15, 0.2) is 0 Å². The van der Waals surface area contributed by atoms with Gasteiger partial charge in [-0.2, -0.15) is 5.10 Å². The Morgan fingerprint density at radius 1 is 1.03 bits per heavy atom. The molecule has 2 aromatic carbocycles. The maximum absolute atomic E-state index is 12.1. The fraction of sp³-hybridized carbons (Fsp3) is 0.174. The number of hydrazone groups is 1. The van der Waals surface area contributed by atoms with Gasteiger partial charge in [0.05, 0.1) is 16.8 Å². The highest BCUT2D eigenvalue weighted by Crippen LogP contribution is 2.24. The van der Waals surface area contributed by atoms with Crippen LogP contribution < -0.4 is 10.7 Å². The molecular weight excluding hydrogens is 416 g/mol. The molecule has 0 saturated heterocycles. The maximum Gasteiger partial charge on any atom is 0.339 e. The number of hydrogen-bond donors (Lipinski definition) is 3. The van der Waals surface area contributed by atoms with Crippen LogP contribution in [0.1, 0.15) is 38.4 Å². The summed E-state index contributed by atoms with van der Waals surface area (Å²) in [6.07, 6.45) is 1.55. The topological polar surface area (TPSA) is 95.7 Å². The zero-order valence-electron chi connectivity index (χ0n) is 17.7. The summed E-state index contributed by atoms with van der Waals surface area (Å²) < 4.78 is 1.90. The summed E-state index contributed by atoms with van der Waals surface area (Å²) in [5.74, 6) is -1.09. The van der Waals surface area contributed by atoms with E-state index >= 15 is 0 Å². The average Bonchev–Trinajstić information content (AvgIpc) is 2.98. The number of urea groups is 1. The molecule has 0 saturated carbocycles. The van der Waals surface area contributed by atoms with E-state index in [2.05, 4.69) is 15.8 Å². The van der Waals surface area contributed by atoms with Gasteiger partial charge in [0.25, 0.3) is 0 Å². The summed E-state index contributed by atoms with van der Waals surface area (Å²) in [7, 11) is 0. The number of anilines is 1. The summed E-state index contributed by atoms with van der Waals surface area (Å²) in [6, 6.07) is 12.0. The second kappa shape index (κ2) is 9.06. The predicted octanol–water partition coefficient (Wildman–Crippen LogP) is 5.22. The molecule has 0 fully saturated rings. The lowest BCUT2D eigenvalue weighted by Crippen LogP contribution is -2.24. The van der Waals surface area contributed by atoms with E-state index in [9.17, 15) is 14.7 Å². The van der Waals surface area contributed by atoms with Crippen molar-refractivity contribution in [3.8, 4) is 5.69 Å². The van der Waals surface area contributed by atoms with Crippen LogP contribution in [0.15, 0.2) is 47.6 Å². The number of aryl methyl sites for hydroxylation is 3. The quantitative estimate of drug-likeness (QED) is 0.376. The third-order valence-corrected chi connectivity index (χ3v) is 5.37. The number of amides is 2. The lowest BCUT2D eigenvalue weighted by Gasteiger charge is -2.11. The number of halogens is 1. The zero-order chi connectivity index (χ0) is 22.7. The van der Waals surface area contributed by atoms with Crippen molar-refractivity contribution in [2.75, 3.05) is 5.32 Å². The number of carboxylic acid groups (broad SMARTS) is 1. The van der Waals surface area contributed by atoms with Gasteiger partial charge in [-0.1, -0.05) is 17.7 Å². The maximum atomic E-state index is 12.1. The SMILES string of the molecule is Cc1ccc(NC(=O)N/N=C/c2cc(C)n(-c3ccc(Cl)c(C(=O)O)c3)c2C)cc1C. The number of aromatic carboxylic acids is 1. The van der Waals surface area contributed by atoms with Crippen LogP contribution in [0.2, 0.25) is 5.02 Å². The molecule has 3 N–H and O–H groups in total. The molecule has 0 spiro atoms. The number of aromatic nitrogens is 1. The van der Waals surface area contributed by atoms with Crippen LogP contribution in [0.5, 0.6) is 0 Å². The van der Waals surface area contributed by atoms with Crippen molar-refractivity contribution in [1.82, 2.24) is 9.99 Å². The zero-order valence-corrected chi connectivity index (χ0v) is 18.4. The minimum atomic E-state index is -1.09. The molecular formula is C23H23ClN4O3. The Hall–Kier alpha value is -3.58. The second-order valence-corrected chi connectivity index (χ2v) is 7.66. The van der Waals surface area contributed by atoms with Crippen LogP contribution in [-0.2, 0) is 0 Å². The van der Waals surface area contributed by atoms with Gasteiger partial charge in [-0.25, -0.2) is 15.0 Å². The molecule has 3 aromatic rings. The first-order chi connectivity index (χ1) is 14.7. The number of carbonyl (C=O) groups excluding carboxylic acids is 1. The molecule has 0 radical (unpaired) electrons. The lowest BCUT2D eigenvalue weighted by atomic mass is 10.1. The molecule has 3 rings (SSSR count). The van der Waals surface area contributed by atoms with Gasteiger partial charge in [-0.05, 0) is 75.2 Å². The molecule has 0 aliphatic rings. The Morgan fingerprint density at radius 2 is 1.77 bits per heavy atom. The van der Waals surface area contributed by atoms with E-state index in [0.717, 1.165) is 28.1 Å². The molecule has 160 valence electrons. The molecule has 31 heavy (non-hydrogen) atoms. The van der Waals surface area contributed by atoms with E-state index in [-0.39, 0.29) is 10.6 Å². The highest BCUT2D eigenvalue weighted by molar-refractivity contribution is 6.33. The van der Waals surface area contributed by atoms with Crippen LogP contribution in [0.3, 0.4) is 0 Å². The van der Waals surface area contributed by atoms with Gasteiger partial charge in [0, 0.05) is 28.3 Å². The number of hydrogen-bond acceptors (Lipinski definition) is 3. The normalized spacial score (nSPS) is 11.0. The van der Waals surface area contributed by atoms with Gasteiger partial charge in [0.2, 0.25) is 0 Å². The van der Waals surface area contributed by atoms with E-state index in [0.29, 0.717) is 11.4 Å². The highest BCUT2D eigenvalue weighted by atomic mass is 35.5. The first kappa shape index (κ1) is 22.1. The Balaban J connectivity index is 1.75. The van der Waals surface area contributed by atoms with Crippen molar-refractivity contribution in [1.29, 1.82) is 0 Å². The monoisotopic (exact) mass is 438 g/mol. The van der Waals surface area contributed by atoms with Crippen LogP contribution in [0.4, 0.5) is 10.5 Å². The van der Waals surface area contributed by atoms with Crippen LogP contribution in [0.25, 0.3) is 5.69 Å². The number of carbonyl (C=O) groups is 2. The number of carboxylic acids is 1. The molecule has 0 bridgehead atoms. The molecule has 0 aliphatic carbocycles. The van der Waals surface area contributed by atoms with Gasteiger partial charge in [-0.15, -0.1) is 0 Å². The van der Waals surface area contributed by atoms with Crippen molar-refractivity contribution in [2.45, 2.75) is 27.7 Å². The molecule has 8 heteroatoms. The van der Waals surface area contributed by atoms with Gasteiger partial charge < -0.3 is 15.0 Å². The Morgan fingerprint density at radius 3 is 2.45 bits per heavy atom. The smallest absolute Gasteiger partial charge is 0.339 e. The first-order valence-corrected chi connectivity index (χ1v) is 9.94. The van der Waals surface area contributed by atoms with E-state index in [1.54, 1.807) is 18.3 Å². The summed E-state index contributed by atoms with van der Waals surface area (Å²) in [4.78, 5) is 23.5. The third-order valence-electron chi connectivity index (χ3n) is 5.04. The lowest BCUT2D eigenvalue weighted by molar-refractivity contribution is 0.0697. The van der Waals surface area contributed by atoms with Crippen LogP contribution >= 0.6 is 11.6 Å². The van der Waals surface area contributed by atoms with Gasteiger partial charge in [0.1, 0.15) is 0 Å². The Bertz CT molecular complexity index is 1200. The molecule has 0 aliphatic heterocycles. The summed E-state index contributed by atoms with van der Waals surface area (Å²) in [5, 5.41) is 16.3. The number of rotatable bonds is 5. The summed E-state index contributed by atoms with van der Waals surface area (Å²) >= 11 is 5.98. The standard InChI is InChI=1S/C23H23ClN4O3/c1-13-5-6-18(9-14(13)2)26-23(31)27-25-12-17-10-15(3)28(16(17)4)19-7-8-21(24)20(11-19)22(29)30/h5-12H,1-4H3,(H,29,30)(H2,26,27,31)/b25-12+. The predicted molar refractivity (Wildman–Crippen MR) is 123 cm³/mol. The number of benzene rings is 2. The Kier molecular flexibility index (Phi) is 6.46. The van der Waals surface area contributed by atoms with Crippen LogP contribution in [-0.4, -0.2) is 27.9 Å². The fourth-order valence-electron chi connectivity index (χ4n) is 3.27.